The Morgan fingerprint density at radius 3 is 0.842 bits per heavy atom. The Kier molecular flexibility index (Phi) is 45.2. The van der Waals surface area contributed by atoms with Crippen LogP contribution in [0.4, 0.5) is 48.2 Å². The summed E-state index contributed by atoms with van der Waals surface area (Å²) in [5.74, 6) is -4.08. The van der Waals surface area contributed by atoms with Crippen LogP contribution in [-0.2, 0) is 46.3 Å². The number of carbonyl (C=O) groups excluding carboxylic acids is 7. The lowest BCUT2D eigenvalue weighted by molar-refractivity contribution is 0.0920. The maximum Gasteiger partial charge on any atom is 0.289 e. The minimum absolute atomic E-state index is 0.00736. The Bertz CT molecular complexity index is 6600. The van der Waals surface area contributed by atoms with E-state index in [1.54, 1.807) is 164 Å². The van der Waals surface area contributed by atoms with Crippen LogP contribution in [-0.4, -0.2) is 73.3 Å². The average molecular weight is 2200 g/mol. The second-order valence-corrected chi connectivity index (χ2v) is 37.0. The fourth-order valence-electron chi connectivity index (χ4n) is 14.9. The molecule has 3 atom stereocenters. The summed E-state index contributed by atoms with van der Waals surface area (Å²) in [7, 11) is 1.62. The van der Waals surface area contributed by atoms with Gasteiger partial charge in [-0.15, -0.1) is 0 Å². The molecule has 0 aliphatic rings. The van der Waals surface area contributed by atoms with Gasteiger partial charge in [0.05, 0.1) is 42.4 Å². The van der Waals surface area contributed by atoms with Crippen molar-refractivity contribution in [3.8, 4) is 0 Å². The maximum absolute atomic E-state index is 13.9. The van der Waals surface area contributed by atoms with Crippen LogP contribution in [0.15, 0.2) is 236 Å². The lowest BCUT2D eigenvalue weighted by Crippen LogP contribution is -2.29. The van der Waals surface area contributed by atoms with Gasteiger partial charge in [-0.05, 0) is 276 Å². The van der Waals surface area contributed by atoms with Crippen molar-refractivity contribution in [2.75, 3.05) is 0 Å². The van der Waals surface area contributed by atoms with E-state index in [1.165, 1.54) is 71.3 Å². The molecule has 7 N–H and O–H groups in total. The first-order valence-corrected chi connectivity index (χ1v) is 48.9. The maximum atomic E-state index is 13.9. The second-order valence-electron chi connectivity index (χ2n) is 33.3. The van der Waals surface area contributed by atoms with Crippen molar-refractivity contribution in [2.45, 2.75) is 172 Å². The number of amides is 7. The molecule has 0 saturated carbocycles. The molecule has 766 valence electrons. The highest BCUT2D eigenvalue weighted by atomic mass is 79.9. The number of nitrogens with zero attached hydrogens (tertiary/aromatic N) is 10. The van der Waals surface area contributed by atoms with Crippen molar-refractivity contribution in [3.63, 3.8) is 0 Å². The first-order chi connectivity index (χ1) is 69.4. The highest BCUT2D eigenvalue weighted by Gasteiger charge is 2.28. The predicted molar refractivity (Wildman–Crippen MR) is 564 cm³/mol. The van der Waals surface area contributed by atoms with Gasteiger partial charge in [0.25, 0.3) is 41.4 Å². The summed E-state index contributed by atoms with van der Waals surface area (Å²) in [6.45, 7) is 47.0. The van der Waals surface area contributed by atoms with E-state index in [2.05, 4.69) is 67.7 Å². The molecular weight excluding hydrogens is 2100 g/mol. The molecule has 24 nitrogen and oxygen atoms in total. The lowest BCUT2D eigenvalue weighted by atomic mass is 10.1. The fraction of sp³-hybridized carbons (Fsp3) is 0.252. The van der Waals surface area contributed by atoms with E-state index in [0.717, 1.165) is 4.60 Å². The number of rotatable bonds is 27. The number of benzene rings is 7. The molecule has 0 spiro atoms. The molecule has 7 aromatic heterocycles. The summed E-state index contributed by atoms with van der Waals surface area (Å²) < 4.78 is 109. The van der Waals surface area contributed by atoms with Crippen LogP contribution in [0.2, 0.25) is 35.2 Å². The third-order valence-electron chi connectivity index (χ3n) is 22.3. The van der Waals surface area contributed by atoms with E-state index < -0.39 is 58.8 Å². The van der Waals surface area contributed by atoms with E-state index in [4.69, 9.17) is 101 Å². The summed E-state index contributed by atoms with van der Waals surface area (Å²) in [5.41, 5.74) is 5.15. The molecule has 0 aliphatic carbocycles. The van der Waals surface area contributed by atoms with Crippen molar-refractivity contribution < 1.29 is 64.3 Å². The van der Waals surface area contributed by atoms with Gasteiger partial charge in [0.15, 0.2) is 17.1 Å². The van der Waals surface area contributed by atoms with E-state index in [-0.39, 0.29) is 129 Å². The third-order valence-corrected chi connectivity index (χ3v) is 25.4. The van der Waals surface area contributed by atoms with Gasteiger partial charge in [-0.25, -0.2) is 30.7 Å². The number of nitrogens with one attached hydrogen (secondary N) is 7. The number of carbonyl (C=O) groups is 7. The zero-order valence-corrected chi connectivity index (χ0v) is 88.6. The molecule has 1 unspecified atom stereocenters. The van der Waals surface area contributed by atoms with Gasteiger partial charge in [0.1, 0.15) is 63.5 Å². The van der Waals surface area contributed by atoms with Crippen LogP contribution in [0.5, 0.6) is 0 Å². The molecule has 14 aromatic rings. The summed E-state index contributed by atoms with van der Waals surface area (Å²) >= 11 is 45.1. The molecule has 0 bridgehead atoms. The largest absolute Gasteiger partial charge is 0.364 e. The van der Waals surface area contributed by atoms with Crippen molar-refractivity contribution in [2.24, 2.45) is 7.05 Å². The Hall–Kier alpha value is -13.7. The molecule has 0 aliphatic heterocycles. The number of hydrogen-bond donors (Lipinski definition) is 7. The number of aromatic nitrogens is 7. The van der Waals surface area contributed by atoms with Crippen LogP contribution in [0.25, 0.3) is 14.5 Å². The van der Waals surface area contributed by atoms with Gasteiger partial charge in [-0.3, -0.25) is 47.3 Å². The molecular formula is C107H106BrCl7F7N17O7. The number of hydrogen-bond acceptors (Lipinski definition) is 7. The van der Waals surface area contributed by atoms with Gasteiger partial charge in [0, 0.05) is 144 Å². The van der Waals surface area contributed by atoms with E-state index in [0.29, 0.717) is 107 Å². The molecule has 0 radical (unpaired) electrons. The second kappa shape index (κ2) is 56.1. The first kappa shape index (κ1) is 118. The van der Waals surface area contributed by atoms with Crippen LogP contribution < -0.4 is 37.2 Å². The van der Waals surface area contributed by atoms with E-state index in [9.17, 15) is 64.3 Å². The molecule has 0 saturated heterocycles. The predicted octanol–water partition coefficient (Wildman–Crippen LogP) is 28.5. The van der Waals surface area contributed by atoms with Crippen LogP contribution in [0.3, 0.4) is 0 Å². The third kappa shape index (κ3) is 31.2. The average Bonchev–Trinajstić information content (AvgIpc) is 1.54. The highest BCUT2D eigenvalue weighted by Crippen LogP contribution is 2.33. The SMILES string of the molecule is CC(C)n1cccc1C(=O)N[C@@H](C)c1c(F)cccc1Cl.CC(C)n1cccc1C(=O)N[C@H](C)c1c(F)cccc1Cl.CC(NC(=O)c1cccn1C(C)C)c1c(F)cccc1Cl.CCn1c(Br)ccc1C(=O)NCc1c(F)cccc1Cl.[C-]#[N+]c1ccc(C(=O)NCc2c(F)cccc2Cl)n1C.[C-]#[N+]c1ccc(C(=O)NCc2c(F)cccc2Cl)n1C(C)C.[C-]#[N+]c1ccc(C(=O)NCc2c(F)cccc2Cl)n1CC. The van der Waals surface area contributed by atoms with Crippen molar-refractivity contribution in [1.82, 2.24) is 69.2 Å². The molecule has 0 fully saturated rings. The minimum Gasteiger partial charge on any atom is -0.364 e. The van der Waals surface area contributed by atoms with Gasteiger partial charge in [-0.2, -0.15) is 0 Å². The van der Waals surface area contributed by atoms with Crippen molar-refractivity contribution in [3.05, 3.63) is 424 Å². The Morgan fingerprint density at radius 2 is 0.562 bits per heavy atom. The van der Waals surface area contributed by atoms with Gasteiger partial charge >= 0.3 is 0 Å². The zero-order valence-electron chi connectivity index (χ0n) is 81.7. The molecule has 39 heteroatoms. The standard InChI is InChI=1S/C16H15ClFN3O.3C16H18ClFN2O.C15H13ClFN3O.C14H13BrClFN2O.C14H11ClFN3O/c1-10(2)21-14(7-8-15(21)19-3)16(22)20-9-11-12(17)5-4-6-13(11)18;3*1-10(2)20-9-5-8-14(20)16(21)19-11(3)15-12(17)6-4-7-13(15)18;1-3-20-13(7-8-14(20)18-2)15(21)19-9-10-11(16)5-4-6-12(10)17;1-2-19-12(6-7-13(19)15)14(20)18-8-9-10(16)4-3-5-11(9)17;1-17-13-7-6-12(19(13)2)14(20)18-8-9-10(15)4-3-5-11(9)16/h4-8,10H,9H2,1-2H3,(H,20,22);3*4-11H,1-3H3,(H,19,21);4-8H,3,9H2,1H3,(H,19,21);3-7H,2,8H2,1H3,(H,18,20);3-7H,8H2,2H3,(H,18,20)/t;2*11-;;;;/m.10..../s1. The molecule has 7 heterocycles. The molecule has 7 amide bonds. The Balaban J connectivity index is 0.000000208. The Labute approximate surface area is 886 Å². The van der Waals surface area contributed by atoms with E-state index >= 15 is 0 Å². The van der Waals surface area contributed by atoms with Gasteiger partial charge in [-0.1, -0.05) is 143 Å². The summed E-state index contributed by atoms with van der Waals surface area (Å²) in [6, 6.07) is 53.6. The van der Waals surface area contributed by atoms with Crippen molar-refractivity contribution in [1.29, 1.82) is 0 Å². The molecule has 14 rings (SSSR count). The minimum atomic E-state index is -0.512. The quantitative estimate of drug-likeness (QED) is 0.0193. The number of halogens is 15. The Morgan fingerprint density at radius 1 is 0.301 bits per heavy atom. The molecule has 146 heavy (non-hydrogen) atoms. The summed E-state index contributed by atoms with van der Waals surface area (Å²) in [5, 5.41) is 20.9. The van der Waals surface area contributed by atoms with E-state index in [1.807, 2.05) is 124 Å². The summed E-state index contributed by atoms with van der Waals surface area (Å²) in [6.07, 6.45) is 5.54. The smallest absolute Gasteiger partial charge is 0.289 e. The highest BCUT2D eigenvalue weighted by molar-refractivity contribution is 9.10. The topological polar surface area (TPSA) is 251 Å². The molecule has 7 aromatic carbocycles. The lowest BCUT2D eigenvalue weighted by Gasteiger charge is -2.18. The zero-order chi connectivity index (χ0) is 108. The van der Waals surface area contributed by atoms with Crippen molar-refractivity contribution >= 4 is 156 Å². The fourth-order valence-corrected chi connectivity index (χ4v) is 17.4. The first-order valence-electron chi connectivity index (χ1n) is 45.5. The van der Waals surface area contributed by atoms with Crippen LogP contribution >= 0.6 is 97.1 Å². The van der Waals surface area contributed by atoms with Gasteiger partial charge < -0.3 is 70.0 Å². The summed E-state index contributed by atoms with van der Waals surface area (Å²) in [4.78, 5) is 95.6. The van der Waals surface area contributed by atoms with Crippen LogP contribution in [0, 0.1) is 60.4 Å². The van der Waals surface area contributed by atoms with Crippen LogP contribution in [0.1, 0.15) is 245 Å². The van der Waals surface area contributed by atoms with Gasteiger partial charge in [0.2, 0.25) is 17.5 Å². The normalized spacial score (nSPS) is 11.3. The monoisotopic (exact) mass is 2200 g/mol.